The number of likely N-dealkylation sites (N-methyl/N-ethyl adjacent to an activating group) is 1. The van der Waals surface area contributed by atoms with Crippen LogP contribution in [0.3, 0.4) is 0 Å². The monoisotopic (exact) mass is 303 g/mol. The molecule has 3 nitrogen and oxygen atoms in total. The lowest BCUT2D eigenvalue weighted by molar-refractivity contribution is -0.148. The highest BCUT2D eigenvalue weighted by atomic mass is 79.9. The van der Waals surface area contributed by atoms with Crippen molar-refractivity contribution in [3.8, 4) is 0 Å². The molecule has 1 aromatic carbocycles. The Morgan fingerprint density at radius 3 is 2.71 bits per heavy atom. The molecule has 0 aliphatic carbocycles. The maximum absolute atomic E-state index is 13.0. The summed E-state index contributed by atoms with van der Waals surface area (Å²) in [7, 11) is 1.33. The minimum Gasteiger partial charge on any atom is -0.467 e. The van der Waals surface area contributed by atoms with E-state index in [0.717, 1.165) is 0 Å². The normalized spacial score (nSPS) is 14.2. The third-order valence-electron chi connectivity index (χ3n) is 2.59. The summed E-state index contributed by atoms with van der Waals surface area (Å²) in [5.41, 5.74) is -0.344. The van der Waals surface area contributed by atoms with Crippen molar-refractivity contribution >= 4 is 21.9 Å². The van der Waals surface area contributed by atoms with Gasteiger partial charge in [-0.25, -0.2) is 9.18 Å². The first-order valence-corrected chi connectivity index (χ1v) is 6.04. The van der Waals surface area contributed by atoms with Crippen molar-refractivity contribution < 1.29 is 13.9 Å². The standard InChI is InChI=1S/C12H15BrFNO2/c1-4-15-12(2,11(16)17-3)9-6-5-8(14)7-10(9)13/h5-7,15H,4H2,1-3H3. The number of ether oxygens (including phenoxy) is 1. The summed E-state index contributed by atoms with van der Waals surface area (Å²) >= 11 is 3.26. The van der Waals surface area contributed by atoms with Gasteiger partial charge in [0.15, 0.2) is 0 Å². The molecule has 0 spiro atoms. The largest absolute Gasteiger partial charge is 0.467 e. The third-order valence-corrected chi connectivity index (χ3v) is 3.25. The van der Waals surface area contributed by atoms with E-state index in [-0.39, 0.29) is 5.82 Å². The highest BCUT2D eigenvalue weighted by molar-refractivity contribution is 9.10. The van der Waals surface area contributed by atoms with Crippen LogP contribution in [-0.4, -0.2) is 19.6 Å². The Bertz CT molecular complexity index is 425. The van der Waals surface area contributed by atoms with Gasteiger partial charge in [0.2, 0.25) is 0 Å². The molecule has 0 bridgehead atoms. The topological polar surface area (TPSA) is 38.3 Å². The van der Waals surface area contributed by atoms with Crippen molar-refractivity contribution in [3.63, 3.8) is 0 Å². The lowest BCUT2D eigenvalue weighted by Crippen LogP contribution is -2.47. The van der Waals surface area contributed by atoms with Gasteiger partial charge >= 0.3 is 5.97 Å². The van der Waals surface area contributed by atoms with Crippen LogP contribution in [0.1, 0.15) is 19.4 Å². The number of rotatable bonds is 4. The van der Waals surface area contributed by atoms with Gasteiger partial charge in [-0.1, -0.05) is 28.9 Å². The van der Waals surface area contributed by atoms with Crippen LogP contribution >= 0.6 is 15.9 Å². The molecule has 0 amide bonds. The Balaban J connectivity index is 3.26. The SMILES string of the molecule is CCNC(C)(C(=O)OC)c1ccc(F)cc1Br. The van der Waals surface area contributed by atoms with E-state index in [4.69, 9.17) is 4.74 Å². The molecule has 0 heterocycles. The Hall–Kier alpha value is -0.940. The Morgan fingerprint density at radius 2 is 2.24 bits per heavy atom. The predicted octanol–water partition coefficient (Wildman–Crippen LogP) is 2.59. The van der Waals surface area contributed by atoms with E-state index < -0.39 is 11.5 Å². The number of esters is 1. The summed E-state index contributed by atoms with van der Waals surface area (Å²) in [6, 6.07) is 4.21. The highest BCUT2D eigenvalue weighted by Crippen LogP contribution is 2.30. The number of methoxy groups -OCH3 is 1. The molecule has 1 N–H and O–H groups in total. The molecular weight excluding hydrogens is 289 g/mol. The van der Waals surface area contributed by atoms with Gasteiger partial charge in [-0.15, -0.1) is 0 Å². The molecule has 0 radical (unpaired) electrons. The number of carbonyl (C=O) groups is 1. The summed E-state index contributed by atoms with van der Waals surface area (Å²) in [4.78, 5) is 11.9. The van der Waals surface area contributed by atoms with E-state index in [9.17, 15) is 9.18 Å². The Labute approximate surface area is 108 Å². The zero-order chi connectivity index (χ0) is 13.1. The van der Waals surface area contributed by atoms with Crippen LogP contribution in [0.2, 0.25) is 0 Å². The van der Waals surface area contributed by atoms with Crippen LogP contribution in [0.5, 0.6) is 0 Å². The van der Waals surface area contributed by atoms with Crippen molar-refractivity contribution in [2.24, 2.45) is 0 Å². The van der Waals surface area contributed by atoms with Gasteiger partial charge in [-0.2, -0.15) is 0 Å². The molecule has 0 aliphatic rings. The van der Waals surface area contributed by atoms with Crippen molar-refractivity contribution in [1.82, 2.24) is 5.32 Å². The second-order valence-corrected chi connectivity index (χ2v) is 4.63. The zero-order valence-electron chi connectivity index (χ0n) is 10.0. The van der Waals surface area contributed by atoms with Crippen LogP contribution in [0.4, 0.5) is 4.39 Å². The fourth-order valence-corrected chi connectivity index (χ4v) is 2.48. The number of carbonyl (C=O) groups excluding carboxylic acids is 1. The van der Waals surface area contributed by atoms with E-state index in [0.29, 0.717) is 16.6 Å². The van der Waals surface area contributed by atoms with Crippen molar-refractivity contribution in [1.29, 1.82) is 0 Å². The zero-order valence-corrected chi connectivity index (χ0v) is 11.6. The molecule has 0 saturated heterocycles. The van der Waals surface area contributed by atoms with E-state index in [1.807, 2.05) is 6.92 Å². The number of nitrogens with one attached hydrogen (secondary N) is 1. The molecule has 1 rings (SSSR count). The Kier molecular flexibility index (Phi) is 4.65. The van der Waals surface area contributed by atoms with Crippen molar-refractivity contribution in [3.05, 3.63) is 34.1 Å². The van der Waals surface area contributed by atoms with E-state index in [2.05, 4.69) is 21.2 Å². The van der Waals surface area contributed by atoms with Crippen LogP contribution in [0.25, 0.3) is 0 Å². The smallest absolute Gasteiger partial charge is 0.330 e. The van der Waals surface area contributed by atoms with Gasteiger partial charge in [-0.05, 0) is 31.2 Å². The summed E-state index contributed by atoms with van der Waals surface area (Å²) in [5.74, 6) is -0.768. The molecule has 1 unspecified atom stereocenters. The minimum absolute atomic E-state index is 0.357. The number of hydrogen-bond donors (Lipinski definition) is 1. The summed E-state index contributed by atoms with van der Waals surface area (Å²) in [6.07, 6.45) is 0. The van der Waals surface area contributed by atoms with Crippen LogP contribution < -0.4 is 5.32 Å². The van der Waals surface area contributed by atoms with Crippen LogP contribution in [0, 0.1) is 5.82 Å². The fraction of sp³-hybridized carbons (Fsp3) is 0.417. The van der Waals surface area contributed by atoms with E-state index in [1.165, 1.54) is 19.2 Å². The van der Waals surface area contributed by atoms with Gasteiger partial charge in [-0.3, -0.25) is 5.32 Å². The molecule has 5 heteroatoms. The maximum atomic E-state index is 13.0. The predicted molar refractivity (Wildman–Crippen MR) is 67.1 cm³/mol. The molecule has 1 aromatic rings. The number of benzene rings is 1. The van der Waals surface area contributed by atoms with Crippen LogP contribution in [-0.2, 0) is 15.1 Å². The third kappa shape index (κ3) is 2.84. The highest BCUT2D eigenvalue weighted by Gasteiger charge is 2.37. The lowest BCUT2D eigenvalue weighted by atomic mass is 9.92. The molecule has 0 saturated carbocycles. The fourth-order valence-electron chi connectivity index (χ4n) is 1.73. The molecule has 17 heavy (non-hydrogen) atoms. The van der Waals surface area contributed by atoms with Gasteiger partial charge in [0, 0.05) is 4.47 Å². The van der Waals surface area contributed by atoms with E-state index >= 15 is 0 Å². The number of hydrogen-bond acceptors (Lipinski definition) is 3. The molecule has 0 fully saturated rings. The Morgan fingerprint density at radius 1 is 1.59 bits per heavy atom. The number of halogens is 2. The average Bonchev–Trinajstić information content (AvgIpc) is 2.27. The first-order valence-electron chi connectivity index (χ1n) is 5.24. The maximum Gasteiger partial charge on any atom is 0.330 e. The molecule has 0 aromatic heterocycles. The van der Waals surface area contributed by atoms with Crippen LogP contribution in [0.15, 0.2) is 22.7 Å². The van der Waals surface area contributed by atoms with Crippen molar-refractivity contribution in [2.75, 3.05) is 13.7 Å². The van der Waals surface area contributed by atoms with Gasteiger partial charge < -0.3 is 4.74 Å². The summed E-state index contributed by atoms with van der Waals surface area (Å²) < 4.78 is 18.4. The molecular formula is C12H15BrFNO2. The first-order chi connectivity index (χ1) is 7.95. The van der Waals surface area contributed by atoms with E-state index in [1.54, 1.807) is 13.0 Å². The second kappa shape index (κ2) is 5.60. The summed E-state index contributed by atoms with van der Waals surface area (Å²) in [6.45, 7) is 4.19. The second-order valence-electron chi connectivity index (χ2n) is 3.77. The quantitative estimate of drug-likeness (QED) is 0.869. The molecule has 0 aliphatic heterocycles. The van der Waals surface area contributed by atoms with Gasteiger partial charge in [0.25, 0.3) is 0 Å². The van der Waals surface area contributed by atoms with Gasteiger partial charge in [0.05, 0.1) is 7.11 Å². The average molecular weight is 304 g/mol. The molecule has 1 atom stereocenters. The molecule has 94 valence electrons. The minimum atomic E-state index is -0.990. The summed E-state index contributed by atoms with van der Waals surface area (Å²) in [5, 5.41) is 3.06. The van der Waals surface area contributed by atoms with Gasteiger partial charge in [0.1, 0.15) is 11.4 Å². The first kappa shape index (κ1) is 14.1. The lowest BCUT2D eigenvalue weighted by Gasteiger charge is -2.29. The van der Waals surface area contributed by atoms with Crippen molar-refractivity contribution in [2.45, 2.75) is 19.4 Å².